The fraction of sp³-hybridized carbons (Fsp3) is 0.353. The van der Waals surface area contributed by atoms with Crippen molar-refractivity contribution in [3.63, 3.8) is 0 Å². The standard InChI is InChI=1S/C17H20N4O2S/c1-2-11-24-12-15(22)20-7-9-21(10-8-20)17(23)16-13-5-3-4-6-14(13)18-19-16/h2-6H,1,7-12H2,(H,18,19). The Morgan fingerprint density at radius 2 is 1.92 bits per heavy atom. The average Bonchev–Trinajstić information content (AvgIpc) is 3.05. The first-order valence-electron chi connectivity index (χ1n) is 7.89. The number of nitrogens with zero attached hydrogens (tertiary/aromatic N) is 3. The maximum Gasteiger partial charge on any atom is 0.275 e. The van der Waals surface area contributed by atoms with Crippen LogP contribution in [0.4, 0.5) is 0 Å². The van der Waals surface area contributed by atoms with E-state index in [1.807, 2.05) is 29.2 Å². The molecule has 1 saturated heterocycles. The number of carbonyl (C=O) groups excluding carboxylic acids is 2. The van der Waals surface area contributed by atoms with Gasteiger partial charge in [0, 0.05) is 37.3 Å². The molecule has 1 fully saturated rings. The molecule has 1 N–H and O–H groups in total. The van der Waals surface area contributed by atoms with E-state index >= 15 is 0 Å². The van der Waals surface area contributed by atoms with Crippen LogP contribution in [-0.2, 0) is 4.79 Å². The maximum atomic E-state index is 12.7. The summed E-state index contributed by atoms with van der Waals surface area (Å²) in [7, 11) is 0. The predicted molar refractivity (Wildman–Crippen MR) is 96.1 cm³/mol. The highest BCUT2D eigenvalue weighted by atomic mass is 32.2. The van der Waals surface area contributed by atoms with Gasteiger partial charge in [-0.3, -0.25) is 14.7 Å². The number of piperazine rings is 1. The number of H-pyrrole nitrogens is 1. The Kier molecular flexibility index (Phi) is 5.20. The molecule has 0 aliphatic carbocycles. The first-order valence-corrected chi connectivity index (χ1v) is 9.05. The summed E-state index contributed by atoms with van der Waals surface area (Å²) in [6.45, 7) is 5.87. The van der Waals surface area contributed by atoms with E-state index < -0.39 is 0 Å². The van der Waals surface area contributed by atoms with Gasteiger partial charge >= 0.3 is 0 Å². The van der Waals surface area contributed by atoms with E-state index in [-0.39, 0.29) is 11.8 Å². The van der Waals surface area contributed by atoms with Gasteiger partial charge in [-0.25, -0.2) is 0 Å². The van der Waals surface area contributed by atoms with Crippen LogP contribution in [0.1, 0.15) is 10.5 Å². The number of nitrogens with one attached hydrogen (secondary N) is 1. The number of aromatic amines is 1. The Labute approximate surface area is 144 Å². The second-order valence-electron chi connectivity index (χ2n) is 5.59. The van der Waals surface area contributed by atoms with Crippen LogP contribution in [0.5, 0.6) is 0 Å². The van der Waals surface area contributed by atoms with Crippen molar-refractivity contribution >= 4 is 34.5 Å². The molecular weight excluding hydrogens is 324 g/mol. The highest BCUT2D eigenvalue weighted by molar-refractivity contribution is 8.00. The van der Waals surface area contributed by atoms with Crippen LogP contribution in [-0.4, -0.2) is 69.5 Å². The highest BCUT2D eigenvalue weighted by Crippen LogP contribution is 2.18. The molecule has 0 bridgehead atoms. The Balaban J connectivity index is 1.59. The zero-order valence-electron chi connectivity index (χ0n) is 13.4. The average molecular weight is 344 g/mol. The van der Waals surface area contributed by atoms with Crippen LogP contribution in [0.25, 0.3) is 10.9 Å². The summed E-state index contributed by atoms with van der Waals surface area (Å²) in [6.07, 6.45) is 1.79. The summed E-state index contributed by atoms with van der Waals surface area (Å²) >= 11 is 1.56. The van der Waals surface area contributed by atoms with Crippen LogP contribution >= 0.6 is 11.8 Å². The topological polar surface area (TPSA) is 69.3 Å². The largest absolute Gasteiger partial charge is 0.338 e. The van der Waals surface area contributed by atoms with Gasteiger partial charge in [0.2, 0.25) is 5.91 Å². The zero-order chi connectivity index (χ0) is 16.9. The van der Waals surface area contributed by atoms with E-state index in [1.165, 1.54) is 0 Å². The Hall–Kier alpha value is -2.28. The lowest BCUT2D eigenvalue weighted by atomic mass is 10.2. The van der Waals surface area contributed by atoms with E-state index in [1.54, 1.807) is 22.7 Å². The molecule has 2 amide bonds. The van der Waals surface area contributed by atoms with Crippen molar-refractivity contribution in [1.29, 1.82) is 0 Å². The van der Waals surface area contributed by atoms with Gasteiger partial charge < -0.3 is 9.80 Å². The van der Waals surface area contributed by atoms with Gasteiger partial charge in [0.15, 0.2) is 5.69 Å². The number of fused-ring (bicyclic) bond motifs is 1. The lowest BCUT2D eigenvalue weighted by Crippen LogP contribution is -2.51. The summed E-state index contributed by atoms with van der Waals surface area (Å²) in [4.78, 5) is 28.4. The number of hydrogen-bond acceptors (Lipinski definition) is 4. The molecule has 1 aromatic carbocycles. The van der Waals surface area contributed by atoms with E-state index in [4.69, 9.17) is 0 Å². The number of thioether (sulfide) groups is 1. The van der Waals surface area contributed by atoms with E-state index in [0.717, 1.165) is 16.7 Å². The molecule has 1 aromatic heterocycles. The van der Waals surface area contributed by atoms with Gasteiger partial charge in [-0.2, -0.15) is 5.10 Å². The fourth-order valence-corrected chi connectivity index (χ4v) is 3.40. The van der Waals surface area contributed by atoms with Crippen molar-refractivity contribution in [2.45, 2.75) is 0 Å². The summed E-state index contributed by atoms with van der Waals surface area (Å²) < 4.78 is 0. The molecule has 1 aliphatic rings. The van der Waals surface area contributed by atoms with Gasteiger partial charge in [0.1, 0.15) is 0 Å². The quantitative estimate of drug-likeness (QED) is 0.663. The van der Waals surface area contributed by atoms with Crippen molar-refractivity contribution in [3.8, 4) is 0 Å². The van der Waals surface area contributed by atoms with Gasteiger partial charge in [-0.1, -0.05) is 24.3 Å². The molecule has 7 heteroatoms. The molecule has 1 aliphatic heterocycles. The van der Waals surface area contributed by atoms with Crippen LogP contribution in [0.3, 0.4) is 0 Å². The zero-order valence-corrected chi connectivity index (χ0v) is 14.2. The predicted octanol–water partition coefficient (Wildman–Crippen LogP) is 1.77. The Morgan fingerprint density at radius 1 is 1.21 bits per heavy atom. The molecule has 0 saturated carbocycles. The number of aromatic nitrogens is 2. The summed E-state index contributed by atoms with van der Waals surface area (Å²) in [5.74, 6) is 1.28. The molecule has 0 radical (unpaired) electrons. The van der Waals surface area contributed by atoms with E-state index in [2.05, 4.69) is 16.8 Å². The van der Waals surface area contributed by atoms with Crippen LogP contribution in [0, 0.1) is 0 Å². The molecule has 0 atom stereocenters. The summed E-state index contributed by atoms with van der Waals surface area (Å²) in [5, 5.41) is 7.89. The number of amides is 2. The smallest absolute Gasteiger partial charge is 0.275 e. The molecule has 6 nitrogen and oxygen atoms in total. The van der Waals surface area contributed by atoms with E-state index in [0.29, 0.717) is 37.6 Å². The van der Waals surface area contributed by atoms with Crippen LogP contribution in [0.2, 0.25) is 0 Å². The molecule has 0 spiro atoms. The van der Waals surface area contributed by atoms with Crippen molar-refractivity contribution in [3.05, 3.63) is 42.6 Å². The van der Waals surface area contributed by atoms with Gasteiger partial charge in [0.25, 0.3) is 5.91 Å². The Morgan fingerprint density at radius 3 is 2.67 bits per heavy atom. The minimum Gasteiger partial charge on any atom is -0.338 e. The Bertz CT molecular complexity index is 750. The third-order valence-electron chi connectivity index (χ3n) is 4.05. The molecular formula is C17H20N4O2S. The van der Waals surface area contributed by atoms with Gasteiger partial charge in [-0.05, 0) is 6.07 Å². The van der Waals surface area contributed by atoms with Gasteiger partial charge in [0.05, 0.1) is 11.3 Å². The second-order valence-corrected chi connectivity index (χ2v) is 6.62. The lowest BCUT2D eigenvalue weighted by Gasteiger charge is -2.34. The molecule has 2 aromatic rings. The maximum absolute atomic E-state index is 12.7. The second kappa shape index (κ2) is 7.53. The van der Waals surface area contributed by atoms with Crippen LogP contribution < -0.4 is 0 Å². The number of benzene rings is 1. The number of hydrogen-bond donors (Lipinski definition) is 1. The third kappa shape index (κ3) is 3.46. The molecule has 24 heavy (non-hydrogen) atoms. The summed E-state index contributed by atoms with van der Waals surface area (Å²) in [5.41, 5.74) is 1.31. The normalized spacial score (nSPS) is 14.8. The monoisotopic (exact) mass is 344 g/mol. The summed E-state index contributed by atoms with van der Waals surface area (Å²) in [6, 6.07) is 7.59. The molecule has 0 unspecified atom stereocenters. The number of para-hydroxylation sites is 1. The minimum absolute atomic E-state index is 0.0828. The first-order chi connectivity index (χ1) is 11.7. The van der Waals surface area contributed by atoms with Crippen molar-refractivity contribution in [2.24, 2.45) is 0 Å². The highest BCUT2D eigenvalue weighted by Gasteiger charge is 2.26. The molecule has 126 valence electrons. The first kappa shape index (κ1) is 16.6. The number of rotatable bonds is 5. The minimum atomic E-state index is -0.0828. The van der Waals surface area contributed by atoms with Gasteiger partial charge in [-0.15, -0.1) is 18.3 Å². The van der Waals surface area contributed by atoms with Crippen molar-refractivity contribution < 1.29 is 9.59 Å². The van der Waals surface area contributed by atoms with Crippen molar-refractivity contribution in [1.82, 2.24) is 20.0 Å². The van der Waals surface area contributed by atoms with Crippen molar-refractivity contribution in [2.75, 3.05) is 37.7 Å². The fourth-order valence-electron chi connectivity index (χ4n) is 2.76. The molecule has 2 heterocycles. The van der Waals surface area contributed by atoms with E-state index in [9.17, 15) is 9.59 Å². The third-order valence-corrected chi connectivity index (χ3v) is 4.98. The number of carbonyl (C=O) groups is 2. The molecule has 3 rings (SSSR count). The SMILES string of the molecule is C=CCSCC(=O)N1CCN(C(=O)c2n[nH]c3ccccc23)CC1. The van der Waals surface area contributed by atoms with Crippen LogP contribution in [0.15, 0.2) is 36.9 Å². The lowest BCUT2D eigenvalue weighted by molar-refractivity contribution is -0.129.